The molecular weight excluding hydrogens is 252 g/mol. The molecule has 1 aliphatic rings. The number of nitrogens with one attached hydrogen (secondary N) is 1. The molecule has 2 rings (SSSR count). The van der Waals surface area contributed by atoms with E-state index in [1.165, 1.54) is 0 Å². The molecule has 0 radical (unpaired) electrons. The maximum atomic E-state index is 12.4. The van der Waals surface area contributed by atoms with Crippen LogP contribution in [0.1, 0.15) is 36.5 Å². The summed E-state index contributed by atoms with van der Waals surface area (Å²) < 4.78 is 0. The first-order valence-electron chi connectivity index (χ1n) is 6.11. The lowest BCUT2D eigenvalue weighted by Crippen LogP contribution is -2.33. The van der Waals surface area contributed by atoms with Gasteiger partial charge in [0.05, 0.1) is 0 Å². The minimum Gasteiger partial charge on any atom is -0.336 e. The van der Waals surface area contributed by atoms with E-state index in [9.17, 15) is 4.79 Å². The Morgan fingerprint density at radius 1 is 1.61 bits per heavy atom. The second-order valence-corrected chi connectivity index (χ2v) is 4.83. The standard InChI is InChI=1S/C12H17ClN4O/c1-2-5-17(9-3-4-9)12(18)8-6-10(13)15-11(7-8)16-14/h6-7,9H,2-5,14H2,1H3,(H,15,16). The van der Waals surface area contributed by atoms with Gasteiger partial charge in [-0.25, -0.2) is 10.8 Å². The predicted molar refractivity (Wildman–Crippen MR) is 71.4 cm³/mol. The van der Waals surface area contributed by atoms with Gasteiger partial charge < -0.3 is 10.3 Å². The summed E-state index contributed by atoms with van der Waals surface area (Å²) >= 11 is 5.87. The van der Waals surface area contributed by atoms with Crippen molar-refractivity contribution in [3.8, 4) is 0 Å². The Morgan fingerprint density at radius 3 is 2.89 bits per heavy atom. The molecule has 1 aromatic heterocycles. The van der Waals surface area contributed by atoms with E-state index in [0.717, 1.165) is 25.8 Å². The zero-order chi connectivity index (χ0) is 13.1. The Bertz CT molecular complexity index is 448. The number of amides is 1. The number of nitrogen functional groups attached to an aromatic ring is 1. The highest BCUT2D eigenvalue weighted by atomic mass is 35.5. The molecule has 0 bridgehead atoms. The van der Waals surface area contributed by atoms with Crippen LogP contribution in [-0.4, -0.2) is 28.4 Å². The number of carbonyl (C=O) groups excluding carboxylic acids is 1. The van der Waals surface area contributed by atoms with E-state index in [1.54, 1.807) is 12.1 Å². The molecule has 1 fully saturated rings. The van der Waals surface area contributed by atoms with Crippen LogP contribution >= 0.6 is 11.6 Å². The van der Waals surface area contributed by atoms with Crippen LogP contribution in [0.2, 0.25) is 5.15 Å². The van der Waals surface area contributed by atoms with Gasteiger partial charge in [0, 0.05) is 18.2 Å². The summed E-state index contributed by atoms with van der Waals surface area (Å²) in [6.07, 6.45) is 3.13. The average Bonchev–Trinajstić information content (AvgIpc) is 3.18. The van der Waals surface area contributed by atoms with Crippen molar-refractivity contribution in [2.24, 2.45) is 5.84 Å². The Balaban J connectivity index is 2.23. The average molecular weight is 269 g/mol. The summed E-state index contributed by atoms with van der Waals surface area (Å²) in [5.74, 6) is 5.70. The molecule has 0 saturated heterocycles. The zero-order valence-electron chi connectivity index (χ0n) is 10.3. The fourth-order valence-electron chi connectivity index (χ4n) is 1.94. The first-order valence-corrected chi connectivity index (χ1v) is 6.48. The first-order chi connectivity index (χ1) is 8.65. The van der Waals surface area contributed by atoms with Crippen molar-refractivity contribution in [3.05, 3.63) is 22.8 Å². The Labute approximate surface area is 111 Å². The van der Waals surface area contributed by atoms with Crippen molar-refractivity contribution in [3.63, 3.8) is 0 Å². The highest BCUT2D eigenvalue weighted by Gasteiger charge is 2.32. The van der Waals surface area contributed by atoms with E-state index in [0.29, 0.717) is 17.4 Å². The second kappa shape index (κ2) is 5.54. The fraction of sp³-hybridized carbons (Fsp3) is 0.500. The summed E-state index contributed by atoms with van der Waals surface area (Å²) in [5, 5.41) is 0.265. The molecule has 0 aromatic carbocycles. The molecule has 5 nitrogen and oxygen atoms in total. The van der Waals surface area contributed by atoms with Crippen LogP contribution in [0.5, 0.6) is 0 Å². The topological polar surface area (TPSA) is 71.2 Å². The lowest BCUT2D eigenvalue weighted by molar-refractivity contribution is 0.0743. The van der Waals surface area contributed by atoms with Gasteiger partial charge in [0.2, 0.25) is 0 Å². The smallest absolute Gasteiger partial charge is 0.254 e. The van der Waals surface area contributed by atoms with Gasteiger partial charge in [0.25, 0.3) is 5.91 Å². The highest BCUT2D eigenvalue weighted by molar-refractivity contribution is 6.29. The molecule has 1 saturated carbocycles. The number of rotatable bonds is 5. The number of anilines is 1. The number of hydrazine groups is 1. The molecule has 0 aliphatic heterocycles. The molecule has 0 spiro atoms. The molecule has 18 heavy (non-hydrogen) atoms. The van der Waals surface area contributed by atoms with E-state index < -0.39 is 0 Å². The third-order valence-electron chi connectivity index (χ3n) is 2.90. The van der Waals surface area contributed by atoms with Crippen LogP contribution in [-0.2, 0) is 0 Å². The molecule has 0 atom stereocenters. The number of hydrogen-bond acceptors (Lipinski definition) is 4. The zero-order valence-corrected chi connectivity index (χ0v) is 11.1. The van der Waals surface area contributed by atoms with Crippen molar-refractivity contribution in [2.75, 3.05) is 12.0 Å². The fourth-order valence-corrected chi connectivity index (χ4v) is 2.15. The molecular formula is C12H17ClN4O. The minimum absolute atomic E-state index is 0.000139. The highest BCUT2D eigenvalue weighted by Crippen LogP contribution is 2.29. The monoisotopic (exact) mass is 268 g/mol. The maximum absolute atomic E-state index is 12.4. The number of aromatic nitrogens is 1. The third kappa shape index (κ3) is 2.91. The Kier molecular flexibility index (Phi) is 4.04. The normalized spacial score (nSPS) is 14.4. The van der Waals surface area contributed by atoms with Crippen LogP contribution in [0.25, 0.3) is 0 Å². The molecule has 1 heterocycles. The third-order valence-corrected chi connectivity index (χ3v) is 3.10. The van der Waals surface area contributed by atoms with Gasteiger partial charge in [-0.2, -0.15) is 0 Å². The number of carbonyl (C=O) groups is 1. The van der Waals surface area contributed by atoms with Gasteiger partial charge in [-0.1, -0.05) is 18.5 Å². The van der Waals surface area contributed by atoms with Crippen LogP contribution in [0.4, 0.5) is 5.82 Å². The minimum atomic E-state index is 0.000139. The van der Waals surface area contributed by atoms with Gasteiger partial charge in [-0.15, -0.1) is 0 Å². The van der Waals surface area contributed by atoms with E-state index >= 15 is 0 Å². The van der Waals surface area contributed by atoms with Gasteiger partial charge in [0.1, 0.15) is 11.0 Å². The van der Waals surface area contributed by atoms with Gasteiger partial charge in [0.15, 0.2) is 0 Å². The SMILES string of the molecule is CCCN(C(=O)c1cc(Cl)nc(NN)c1)C1CC1. The summed E-state index contributed by atoms with van der Waals surface area (Å²) in [4.78, 5) is 18.3. The summed E-state index contributed by atoms with van der Waals surface area (Å²) in [5.41, 5.74) is 2.94. The molecule has 3 N–H and O–H groups in total. The number of halogens is 1. The summed E-state index contributed by atoms with van der Waals surface area (Å²) in [7, 11) is 0. The van der Waals surface area contributed by atoms with E-state index in [4.69, 9.17) is 17.4 Å². The van der Waals surface area contributed by atoms with Crippen molar-refractivity contribution >= 4 is 23.3 Å². The maximum Gasteiger partial charge on any atom is 0.254 e. The van der Waals surface area contributed by atoms with Gasteiger partial charge in [-0.05, 0) is 31.4 Å². The number of hydrogen-bond donors (Lipinski definition) is 2. The number of pyridine rings is 1. The molecule has 1 amide bonds. The first kappa shape index (κ1) is 13.1. The van der Waals surface area contributed by atoms with Crippen molar-refractivity contribution in [2.45, 2.75) is 32.2 Å². The lowest BCUT2D eigenvalue weighted by atomic mass is 10.2. The van der Waals surface area contributed by atoms with Crippen LogP contribution < -0.4 is 11.3 Å². The van der Waals surface area contributed by atoms with Crippen LogP contribution in [0.15, 0.2) is 12.1 Å². The summed E-state index contributed by atoms with van der Waals surface area (Å²) in [6, 6.07) is 3.59. The number of nitrogens with two attached hydrogens (primary N) is 1. The van der Waals surface area contributed by atoms with E-state index in [-0.39, 0.29) is 11.1 Å². The molecule has 98 valence electrons. The van der Waals surface area contributed by atoms with Crippen molar-refractivity contribution in [1.29, 1.82) is 0 Å². The summed E-state index contributed by atoms with van der Waals surface area (Å²) in [6.45, 7) is 2.84. The van der Waals surface area contributed by atoms with Gasteiger partial charge in [-0.3, -0.25) is 4.79 Å². The largest absolute Gasteiger partial charge is 0.336 e. The lowest BCUT2D eigenvalue weighted by Gasteiger charge is -2.22. The quantitative estimate of drug-likeness (QED) is 0.487. The predicted octanol–water partition coefficient (Wildman–Crippen LogP) is 2.04. The molecule has 6 heteroatoms. The molecule has 0 unspecified atom stereocenters. The van der Waals surface area contributed by atoms with Gasteiger partial charge >= 0.3 is 0 Å². The Morgan fingerprint density at radius 2 is 2.33 bits per heavy atom. The van der Waals surface area contributed by atoms with Crippen LogP contribution in [0.3, 0.4) is 0 Å². The van der Waals surface area contributed by atoms with Crippen molar-refractivity contribution < 1.29 is 4.79 Å². The van der Waals surface area contributed by atoms with Crippen LogP contribution in [0, 0.1) is 0 Å². The number of nitrogens with zero attached hydrogens (tertiary/aromatic N) is 2. The van der Waals surface area contributed by atoms with Crippen molar-refractivity contribution in [1.82, 2.24) is 9.88 Å². The Hall–Kier alpha value is -1.33. The second-order valence-electron chi connectivity index (χ2n) is 4.44. The molecule has 1 aromatic rings. The van der Waals surface area contributed by atoms with E-state index in [1.807, 2.05) is 4.90 Å². The van der Waals surface area contributed by atoms with E-state index in [2.05, 4.69) is 17.3 Å². The molecule has 1 aliphatic carbocycles.